The van der Waals surface area contributed by atoms with Crippen LogP contribution in [0.1, 0.15) is 504 Å². The summed E-state index contributed by atoms with van der Waals surface area (Å²) < 4.78 is 0. The summed E-state index contributed by atoms with van der Waals surface area (Å²) in [5.41, 5.74) is 1.85. The lowest BCUT2D eigenvalue weighted by molar-refractivity contribution is 0.0581. The van der Waals surface area contributed by atoms with Gasteiger partial charge >= 0.3 is 0 Å². The molecule has 0 N–H and O–H groups in total. The van der Waals surface area contributed by atoms with Crippen LogP contribution in [-0.4, -0.2) is 0 Å². The van der Waals surface area contributed by atoms with Crippen LogP contribution in [0.5, 0.6) is 0 Å². The van der Waals surface area contributed by atoms with Gasteiger partial charge in [0.25, 0.3) is 0 Å². The average molecular weight is 1220 g/mol. The van der Waals surface area contributed by atoms with E-state index in [1.807, 2.05) is 13.8 Å². The van der Waals surface area contributed by atoms with Gasteiger partial charge in [-0.3, -0.25) is 0 Å². The van der Waals surface area contributed by atoms with Gasteiger partial charge in [-0.05, 0) is 109 Å². The van der Waals surface area contributed by atoms with Crippen LogP contribution >= 0.6 is 0 Å². The summed E-state index contributed by atoms with van der Waals surface area (Å²) in [6, 6.07) is 0. The Labute approximate surface area is 558 Å². The maximum Gasteiger partial charge on any atom is -0.0298 e. The molecule has 0 aromatic carbocycles. The zero-order chi connectivity index (χ0) is 63.2. The van der Waals surface area contributed by atoms with Crippen LogP contribution in [0.2, 0.25) is 0 Å². The average Bonchev–Trinajstić information content (AvgIpc) is 3.31. The molecule has 8 aliphatic carbocycles. The van der Waals surface area contributed by atoms with Crippen molar-refractivity contribution in [3.8, 4) is 0 Å². The summed E-state index contributed by atoms with van der Waals surface area (Å²) in [5, 5.41) is 0. The molecule has 0 aliphatic heterocycles. The maximum atomic E-state index is 2.57. The van der Waals surface area contributed by atoms with Gasteiger partial charge < -0.3 is 0 Å². The van der Waals surface area contributed by atoms with Crippen LogP contribution in [0.25, 0.3) is 0 Å². The van der Waals surface area contributed by atoms with Gasteiger partial charge in [-0.1, -0.05) is 452 Å². The second-order valence-electron chi connectivity index (χ2n) is 29.9. The van der Waals surface area contributed by atoms with E-state index in [0.717, 1.165) is 41.4 Å². The number of hydrogen-bond donors (Lipinski definition) is 0. The van der Waals surface area contributed by atoms with E-state index in [2.05, 4.69) is 145 Å². The van der Waals surface area contributed by atoms with Crippen LogP contribution in [0, 0.1) is 57.7 Å². The van der Waals surface area contributed by atoms with E-state index in [-0.39, 0.29) is 29.7 Å². The second kappa shape index (κ2) is 77.4. The fourth-order valence-corrected chi connectivity index (χ4v) is 15.0. The summed E-state index contributed by atoms with van der Waals surface area (Å²) in [6.07, 6.45) is 72.0. The van der Waals surface area contributed by atoms with E-state index in [1.54, 1.807) is 32.1 Å². The first-order chi connectivity index (χ1) is 39.4. The van der Waals surface area contributed by atoms with Crippen LogP contribution in [-0.2, 0) is 0 Å². The minimum atomic E-state index is 0. The summed E-state index contributed by atoms with van der Waals surface area (Å²) >= 11 is 0. The molecule has 0 radical (unpaired) electrons. The second-order valence-corrected chi connectivity index (χ2v) is 29.9. The molecular weight excluding hydrogens is 1030 g/mol. The van der Waals surface area contributed by atoms with E-state index < -0.39 is 0 Å². The molecular formula is C86H190. The molecule has 0 amide bonds. The summed E-state index contributed by atoms with van der Waals surface area (Å²) in [6.45, 7) is 51.3. The Balaban J connectivity index is -0.000000112. The van der Waals surface area contributed by atoms with Crippen molar-refractivity contribution >= 4 is 0 Å². The summed E-state index contributed by atoms with van der Waals surface area (Å²) in [5.74, 6) is 7.42. The number of rotatable bonds is 7. The van der Waals surface area contributed by atoms with Crippen LogP contribution in [0.4, 0.5) is 0 Å². The molecule has 0 heterocycles. The van der Waals surface area contributed by atoms with Crippen molar-refractivity contribution in [3.63, 3.8) is 0 Å². The smallest absolute Gasteiger partial charge is 0.0298 e. The van der Waals surface area contributed by atoms with Crippen LogP contribution in [0.3, 0.4) is 0 Å². The Morgan fingerprint density at radius 2 is 0.500 bits per heavy atom. The molecule has 86 heavy (non-hydrogen) atoms. The molecule has 0 bridgehead atoms. The standard InChI is InChI=1S/C15H28.C13H24.C12H24.2C8H16.C6H12.6C3H8.C2H6.4CH4/c1-15(2,13-9-5-3-6-10-13)14-11-7-4-8-12-14;1-3-7-12(8-4-1)11-13-9-5-2-6-10-13;1-6-12(5)8-10(2)7-11(3,4)9-12;2*1-2-8-6-4-3-5-7-8;1-2-4-6-5-3-1;6*1-3-2;1-2;;;;/h13-14H,3-12H2,1-2H3;12-13H,1-11H2;10H,6-9H2,1-5H3;2*8H,2-7H2,1H3;1-6H2;6*3H2,1-2H3;1-2H3;4*1H4. The molecule has 534 valence electrons. The fourth-order valence-electron chi connectivity index (χ4n) is 15.0. The first kappa shape index (κ1) is 105. The highest BCUT2D eigenvalue weighted by atomic mass is 14.4. The Bertz CT molecular complexity index is 1010. The van der Waals surface area contributed by atoms with Crippen molar-refractivity contribution in [3.05, 3.63) is 0 Å². The molecule has 0 aromatic rings. The van der Waals surface area contributed by atoms with Gasteiger partial charge in [0.2, 0.25) is 0 Å². The van der Waals surface area contributed by atoms with Gasteiger partial charge in [-0.2, -0.15) is 0 Å². The Morgan fingerprint density at radius 1 is 0.302 bits per heavy atom. The third-order valence-corrected chi connectivity index (χ3v) is 19.0. The highest BCUT2D eigenvalue weighted by Gasteiger charge is 2.39. The van der Waals surface area contributed by atoms with Crippen molar-refractivity contribution in [1.29, 1.82) is 0 Å². The Hall–Kier alpha value is 0. The topological polar surface area (TPSA) is 0 Å². The van der Waals surface area contributed by atoms with E-state index in [4.69, 9.17) is 0 Å². The van der Waals surface area contributed by atoms with Crippen molar-refractivity contribution in [2.75, 3.05) is 0 Å². The molecule has 8 saturated carbocycles. The van der Waals surface area contributed by atoms with Crippen molar-refractivity contribution in [1.82, 2.24) is 0 Å². The van der Waals surface area contributed by atoms with Gasteiger partial charge in [0.15, 0.2) is 0 Å². The number of hydrogen-bond acceptors (Lipinski definition) is 0. The van der Waals surface area contributed by atoms with Crippen molar-refractivity contribution in [2.24, 2.45) is 57.7 Å². The van der Waals surface area contributed by atoms with Gasteiger partial charge in [0.1, 0.15) is 0 Å². The first-order valence-corrected chi connectivity index (χ1v) is 39.4. The lowest BCUT2D eigenvalue weighted by Gasteiger charge is -2.45. The zero-order valence-electron chi connectivity index (χ0n) is 63.2. The predicted molar refractivity (Wildman–Crippen MR) is 415 cm³/mol. The monoisotopic (exact) mass is 1220 g/mol. The fraction of sp³-hybridized carbons (Fsp3) is 1.00. The molecule has 2 unspecified atom stereocenters. The molecule has 8 rings (SSSR count). The van der Waals surface area contributed by atoms with Crippen LogP contribution in [0.15, 0.2) is 0 Å². The van der Waals surface area contributed by atoms with Gasteiger partial charge in [0.05, 0.1) is 0 Å². The highest BCUT2D eigenvalue weighted by molar-refractivity contribution is 4.90. The summed E-state index contributed by atoms with van der Waals surface area (Å²) in [7, 11) is 0. The van der Waals surface area contributed by atoms with E-state index in [9.17, 15) is 0 Å². The molecule has 0 spiro atoms. The minimum Gasteiger partial charge on any atom is -0.0776 e. The predicted octanol–water partition coefficient (Wildman–Crippen LogP) is 34.3. The lowest BCUT2D eigenvalue weighted by atomic mass is 9.60. The Morgan fingerprint density at radius 3 is 0.686 bits per heavy atom. The molecule has 0 heteroatoms. The zero-order valence-corrected chi connectivity index (χ0v) is 63.2. The quantitative estimate of drug-likeness (QED) is 0.238. The molecule has 8 fully saturated rings. The maximum absolute atomic E-state index is 2.57. The van der Waals surface area contributed by atoms with Gasteiger partial charge in [-0.25, -0.2) is 0 Å². The third-order valence-electron chi connectivity index (χ3n) is 19.0. The lowest BCUT2D eigenvalue weighted by Crippen LogP contribution is -2.35. The van der Waals surface area contributed by atoms with E-state index in [1.165, 1.54) is 283 Å². The van der Waals surface area contributed by atoms with Gasteiger partial charge in [0, 0.05) is 0 Å². The molecule has 0 aromatic heterocycles. The molecule has 2 atom stereocenters. The minimum absolute atomic E-state index is 0. The first-order valence-electron chi connectivity index (χ1n) is 39.4. The molecule has 8 aliphatic rings. The Kier molecular flexibility index (Phi) is 94.4. The third kappa shape index (κ3) is 66.9. The van der Waals surface area contributed by atoms with E-state index >= 15 is 0 Å². The molecule has 0 saturated heterocycles. The van der Waals surface area contributed by atoms with Crippen molar-refractivity contribution < 1.29 is 0 Å². The van der Waals surface area contributed by atoms with Gasteiger partial charge in [-0.15, -0.1) is 0 Å². The SMILES string of the molecule is C.C.C.C.C1CCC(CC2CCCCC2)CC1.C1CCCCC1.CC.CC(C)(C1CCCCC1)C1CCCCC1.CCC.CCC.CCC.CCC.CCC.CCC.CCC1(C)CC(C)CC(C)(C)C1.CCC1CCCCC1.CCC1CCCCC1. The largest absolute Gasteiger partial charge is 0.0776 e. The molecule has 0 nitrogen and oxygen atoms in total. The van der Waals surface area contributed by atoms with E-state index in [0.29, 0.717) is 16.2 Å². The normalized spacial score (nSPS) is 22.0. The van der Waals surface area contributed by atoms with Crippen molar-refractivity contribution in [2.45, 2.75) is 504 Å². The van der Waals surface area contributed by atoms with Crippen LogP contribution < -0.4 is 0 Å². The summed E-state index contributed by atoms with van der Waals surface area (Å²) in [4.78, 5) is 0. The highest BCUT2D eigenvalue weighted by Crippen LogP contribution is 2.50.